The molecule has 2 N–H and O–H groups in total. The van der Waals surface area contributed by atoms with Crippen LogP contribution in [0.15, 0.2) is 28.9 Å². The number of benzene rings is 1. The van der Waals surface area contributed by atoms with Crippen molar-refractivity contribution >= 4 is 34.2 Å². The van der Waals surface area contributed by atoms with Gasteiger partial charge in [-0.25, -0.2) is 0 Å². The lowest BCUT2D eigenvalue weighted by atomic mass is 9.74. The number of amides is 1. The van der Waals surface area contributed by atoms with E-state index in [-0.39, 0.29) is 17.6 Å². The number of anilines is 1. The lowest BCUT2D eigenvalue weighted by Crippen LogP contribution is -2.48. The Bertz CT molecular complexity index is 1110. The molecular weight excluding hydrogens is 450 g/mol. The van der Waals surface area contributed by atoms with Crippen LogP contribution in [0.3, 0.4) is 0 Å². The van der Waals surface area contributed by atoms with Gasteiger partial charge in [0.25, 0.3) is 5.91 Å². The van der Waals surface area contributed by atoms with E-state index in [0.717, 1.165) is 79.7 Å². The zero-order valence-corrected chi connectivity index (χ0v) is 20.5. The van der Waals surface area contributed by atoms with Crippen molar-refractivity contribution in [2.75, 3.05) is 25.0 Å². The Morgan fingerprint density at radius 1 is 1.12 bits per heavy atom. The van der Waals surface area contributed by atoms with Crippen molar-refractivity contribution in [3.8, 4) is 0 Å². The van der Waals surface area contributed by atoms with E-state index < -0.39 is 0 Å². The molecule has 1 spiro atoms. The summed E-state index contributed by atoms with van der Waals surface area (Å²) in [5.41, 5.74) is 2.41. The average Bonchev–Trinajstić information content (AvgIpc) is 3.45. The molecule has 6 rings (SSSR count). The predicted molar refractivity (Wildman–Crippen MR) is 134 cm³/mol. The molecule has 1 atom stereocenters. The van der Waals surface area contributed by atoms with Crippen molar-refractivity contribution in [2.24, 2.45) is 5.92 Å². The van der Waals surface area contributed by atoms with Gasteiger partial charge in [0.1, 0.15) is 5.58 Å². The molecule has 4 aliphatic rings. The van der Waals surface area contributed by atoms with Crippen molar-refractivity contribution in [2.45, 2.75) is 75.9 Å². The van der Waals surface area contributed by atoms with Gasteiger partial charge in [-0.1, -0.05) is 43.9 Å². The van der Waals surface area contributed by atoms with Crippen molar-refractivity contribution in [3.63, 3.8) is 0 Å². The largest absolute Gasteiger partial charge is 0.450 e. The first-order valence-corrected chi connectivity index (χ1v) is 13.3. The summed E-state index contributed by atoms with van der Waals surface area (Å²) in [6.45, 7) is 6.35. The molecular formula is C27H34ClN3O3. The third-order valence-corrected chi connectivity index (χ3v) is 8.56. The molecule has 2 aliphatic carbocycles. The molecule has 182 valence electrons. The van der Waals surface area contributed by atoms with Crippen molar-refractivity contribution in [1.82, 2.24) is 10.2 Å². The molecule has 1 aromatic carbocycles. The van der Waals surface area contributed by atoms with Crippen molar-refractivity contribution in [3.05, 3.63) is 40.9 Å². The number of carbonyl (C=O) groups excluding carboxylic acids is 1. The number of nitrogens with one attached hydrogen (secondary N) is 2. The van der Waals surface area contributed by atoms with Crippen LogP contribution < -0.4 is 10.6 Å². The Kier molecular flexibility index (Phi) is 5.77. The fourth-order valence-corrected chi connectivity index (χ4v) is 6.57. The van der Waals surface area contributed by atoms with E-state index >= 15 is 0 Å². The van der Waals surface area contributed by atoms with Gasteiger partial charge in [-0.3, -0.25) is 4.79 Å². The van der Waals surface area contributed by atoms with Gasteiger partial charge < -0.3 is 24.7 Å². The van der Waals surface area contributed by atoms with E-state index in [1.807, 2.05) is 17.0 Å². The quantitative estimate of drug-likeness (QED) is 0.533. The molecule has 1 aromatic heterocycles. The highest BCUT2D eigenvalue weighted by molar-refractivity contribution is 6.34. The Morgan fingerprint density at radius 3 is 2.65 bits per heavy atom. The van der Waals surface area contributed by atoms with Gasteiger partial charge >= 0.3 is 0 Å². The smallest absolute Gasteiger partial charge is 0.289 e. The molecule has 3 heterocycles. The Hall–Kier alpha value is -2.18. The summed E-state index contributed by atoms with van der Waals surface area (Å²) in [4.78, 5) is 15.7. The van der Waals surface area contributed by atoms with Crippen LogP contribution in [0, 0.1) is 5.92 Å². The first kappa shape index (κ1) is 22.3. The lowest BCUT2D eigenvalue weighted by Gasteiger charge is -2.44. The molecule has 6 nitrogen and oxygen atoms in total. The maximum atomic E-state index is 13.7. The highest BCUT2D eigenvalue weighted by atomic mass is 35.5. The van der Waals surface area contributed by atoms with E-state index in [1.165, 1.54) is 25.7 Å². The maximum Gasteiger partial charge on any atom is 0.289 e. The van der Waals surface area contributed by atoms with E-state index in [2.05, 4.69) is 17.2 Å². The molecule has 7 heteroatoms. The molecule has 1 unspecified atom stereocenters. The fourth-order valence-electron chi connectivity index (χ4n) is 6.31. The fraction of sp³-hybridized carbons (Fsp3) is 0.593. The number of rotatable bonds is 5. The predicted octanol–water partition coefficient (Wildman–Crippen LogP) is 6.15. The Morgan fingerprint density at radius 2 is 1.94 bits per heavy atom. The summed E-state index contributed by atoms with van der Waals surface area (Å²) >= 11 is 6.76. The van der Waals surface area contributed by atoms with E-state index in [0.29, 0.717) is 23.2 Å². The minimum atomic E-state index is -0.263. The normalized spacial score (nSPS) is 23.9. The third kappa shape index (κ3) is 3.89. The third-order valence-electron chi connectivity index (χ3n) is 8.26. The molecule has 1 saturated heterocycles. The number of furan rings is 1. The second kappa shape index (κ2) is 8.80. The summed E-state index contributed by atoms with van der Waals surface area (Å²) < 4.78 is 12.3. The van der Waals surface area contributed by atoms with Crippen LogP contribution in [-0.4, -0.2) is 36.6 Å². The molecule has 0 radical (unpaired) electrons. The van der Waals surface area contributed by atoms with Gasteiger partial charge in [-0.2, -0.15) is 0 Å². The van der Waals surface area contributed by atoms with Crippen LogP contribution in [0.5, 0.6) is 0 Å². The minimum Gasteiger partial charge on any atom is -0.450 e. The number of carbonyl (C=O) groups is 1. The standard InChI is InChI=1S/C27H34ClN3O3/c1-17-29-24-21(28)13-19-14-22(34-25(19)23(24)27(30-17)10-3-2-4-11-27)26(32)31(15-18-7-5-8-18)16-20-9-6-12-33-20/h13-14,18,20,29-30H,1-12,15-16H2. The Balaban J connectivity index is 1.39. The van der Waals surface area contributed by atoms with Crippen molar-refractivity contribution < 1.29 is 13.9 Å². The topological polar surface area (TPSA) is 66.7 Å². The van der Waals surface area contributed by atoms with Gasteiger partial charge in [0.05, 0.1) is 28.2 Å². The van der Waals surface area contributed by atoms with E-state index in [4.69, 9.17) is 20.8 Å². The maximum absolute atomic E-state index is 13.7. The number of ether oxygens (including phenoxy) is 1. The SMILES string of the molecule is C=C1Nc2c(Cl)cc3cc(C(=O)N(CC4CCC4)CC4CCCO4)oc3c2C2(CCCCC2)N1. The van der Waals surface area contributed by atoms with E-state index in [1.54, 1.807) is 0 Å². The molecule has 2 aromatic rings. The second-order valence-electron chi connectivity index (χ2n) is 10.7. The summed E-state index contributed by atoms with van der Waals surface area (Å²) in [5.74, 6) is 1.71. The number of hydrogen-bond donors (Lipinski definition) is 2. The van der Waals surface area contributed by atoms with Gasteiger partial charge in [0, 0.05) is 30.6 Å². The lowest BCUT2D eigenvalue weighted by molar-refractivity contribution is 0.0427. The monoisotopic (exact) mass is 483 g/mol. The van der Waals surface area contributed by atoms with Crippen LogP contribution >= 0.6 is 11.6 Å². The highest BCUT2D eigenvalue weighted by Gasteiger charge is 2.42. The number of nitrogens with zero attached hydrogens (tertiary/aromatic N) is 1. The minimum absolute atomic E-state index is 0.0395. The van der Waals surface area contributed by atoms with Crippen LogP contribution in [-0.2, 0) is 10.3 Å². The zero-order valence-electron chi connectivity index (χ0n) is 19.8. The zero-order chi connectivity index (χ0) is 23.3. The first-order valence-electron chi connectivity index (χ1n) is 12.9. The van der Waals surface area contributed by atoms with Crippen molar-refractivity contribution in [1.29, 1.82) is 0 Å². The summed E-state index contributed by atoms with van der Waals surface area (Å²) in [5, 5.41) is 8.48. The Labute approximate surface area is 206 Å². The number of halogens is 1. The summed E-state index contributed by atoms with van der Waals surface area (Å²) in [6, 6.07) is 3.79. The average molecular weight is 484 g/mol. The van der Waals surface area contributed by atoms with Gasteiger partial charge in [-0.15, -0.1) is 0 Å². The molecule has 0 bridgehead atoms. The van der Waals surface area contributed by atoms with Crippen LogP contribution in [0.4, 0.5) is 5.69 Å². The van der Waals surface area contributed by atoms with E-state index in [9.17, 15) is 4.79 Å². The summed E-state index contributed by atoms with van der Waals surface area (Å²) in [7, 11) is 0. The molecule has 34 heavy (non-hydrogen) atoms. The summed E-state index contributed by atoms with van der Waals surface area (Å²) in [6.07, 6.45) is 11.3. The van der Waals surface area contributed by atoms with Crippen LogP contribution in [0.1, 0.15) is 80.3 Å². The number of hydrogen-bond acceptors (Lipinski definition) is 5. The molecule has 2 saturated carbocycles. The van der Waals surface area contributed by atoms with Gasteiger partial charge in [-0.05, 0) is 56.6 Å². The molecule has 1 amide bonds. The van der Waals surface area contributed by atoms with Crippen LogP contribution in [0.2, 0.25) is 5.02 Å². The number of fused-ring (bicyclic) bond motifs is 4. The highest BCUT2D eigenvalue weighted by Crippen LogP contribution is 2.50. The molecule has 3 fully saturated rings. The first-order chi connectivity index (χ1) is 16.5. The van der Waals surface area contributed by atoms with Gasteiger partial charge in [0.2, 0.25) is 0 Å². The van der Waals surface area contributed by atoms with Gasteiger partial charge in [0.15, 0.2) is 5.76 Å². The molecule has 2 aliphatic heterocycles. The van der Waals surface area contributed by atoms with Crippen LogP contribution in [0.25, 0.3) is 11.0 Å². The second-order valence-corrected chi connectivity index (χ2v) is 11.1.